The normalized spacial score (nSPS) is 10.9. The lowest BCUT2D eigenvalue weighted by atomic mass is 10.0. The zero-order valence-electron chi connectivity index (χ0n) is 34.4. The maximum Gasteiger partial charge on any atom is 0.345 e. The molecule has 0 saturated heterocycles. The highest BCUT2D eigenvalue weighted by Gasteiger charge is 2.21. The molecule has 1 unspecified atom stereocenters. The molecule has 0 spiro atoms. The molecule has 5 aromatic rings. The zero-order chi connectivity index (χ0) is 44.6. The first kappa shape index (κ1) is 49.5. The first-order chi connectivity index (χ1) is 28.0. The van der Waals surface area contributed by atoms with Crippen molar-refractivity contribution < 1.29 is 36.4 Å². The second kappa shape index (κ2) is 23.7. The molecule has 20 heteroatoms. The Morgan fingerprint density at radius 1 is 0.915 bits per heavy atom. The average molecular weight is 863 g/mol. The van der Waals surface area contributed by atoms with Crippen LogP contribution in [-0.4, -0.2) is 88.4 Å². The molecule has 18 nitrogen and oxygen atoms in total. The van der Waals surface area contributed by atoms with Crippen LogP contribution in [0.2, 0.25) is 10.0 Å². The summed E-state index contributed by atoms with van der Waals surface area (Å²) in [5.41, 5.74) is 1.78. The Bertz CT molecular complexity index is 2380. The summed E-state index contributed by atoms with van der Waals surface area (Å²) in [4.78, 5) is 61.7. The van der Waals surface area contributed by atoms with Crippen molar-refractivity contribution in [3.8, 4) is 12.5 Å². The van der Waals surface area contributed by atoms with Gasteiger partial charge in [0.1, 0.15) is 29.3 Å². The van der Waals surface area contributed by atoms with E-state index >= 15 is 0 Å². The Balaban J connectivity index is 0.000000920. The van der Waals surface area contributed by atoms with Gasteiger partial charge in [0, 0.05) is 41.1 Å². The quantitative estimate of drug-likeness (QED) is 0.0518. The number of rotatable bonds is 14. The number of hydrogen-bond donors (Lipinski definition) is 2. The molecule has 59 heavy (non-hydrogen) atoms. The number of terminal acetylenes is 1. The summed E-state index contributed by atoms with van der Waals surface area (Å²) in [6.45, 7) is 9.53. The van der Waals surface area contributed by atoms with E-state index in [1.807, 2.05) is 27.9 Å². The van der Waals surface area contributed by atoms with Crippen LogP contribution >= 0.6 is 23.2 Å². The lowest BCUT2D eigenvalue weighted by Crippen LogP contribution is -2.32. The standard InChI is InChI=1S/C17H17ClN4O3.C15H16ClN3O3.C7H13NO2.H3NO.2H2/c1-4-14-13(8-19-25-14)16(23)12-7-5-6-11(15(12)18)9-22-17(24)21(3)10(2)20-22;1-9(20)7-13(21)12-6-4-5-11(14(12)16)8-19-15(22)18(3)10(2)17-19;1-5-9-7(8(3)4)10-6-2;1-2;;/h5-8H,4,9H2,1-3H3;4-6H,7-8H2,1-3H3;1,7H,6H2,2-4H3;2H,1H2;2*1H. The molecule has 0 fully saturated rings. The number of carbonyl (C=O) groups excluding carboxylic acids is 3. The van der Waals surface area contributed by atoms with Gasteiger partial charge in [-0.25, -0.2) is 24.8 Å². The van der Waals surface area contributed by atoms with E-state index in [2.05, 4.69) is 27.4 Å². The second-order valence-electron chi connectivity index (χ2n) is 12.8. The topological polar surface area (TPSA) is 225 Å². The molecule has 0 bridgehead atoms. The Morgan fingerprint density at radius 2 is 1.41 bits per heavy atom. The van der Waals surface area contributed by atoms with Crippen LogP contribution in [0.1, 0.15) is 84.9 Å². The molecular formula is C39H53Cl2N9O9. The van der Waals surface area contributed by atoms with E-state index < -0.39 is 6.41 Å². The molecule has 0 aliphatic carbocycles. The van der Waals surface area contributed by atoms with Crippen molar-refractivity contribution >= 4 is 40.6 Å². The van der Waals surface area contributed by atoms with Gasteiger partial charge in [0.15, 0.2) is 11.6 Å². The van der Waals surface area contributed by atoms with E-state index in [1.54, 1.807) is 69.2 Å². The number of nitrogens with two attached hydrogens (primary N) is 1. The molecule has 5 rings (SSSR count). The number of nitrogens with zero attached hydrogens (tertiary/aromatic N) is 8. The maximum absolute atomic E-state index is 12.8. The lowest BCUT2D eigenvalue weighted by Gasteiger charge is -2.20. The van der Waals surface area contributed by atoms with Crippen molar-refractivity contribution in [2.45, 2.75) is 67.0 Å². The van der Waals surface area contributed by atoms with Crippen LogP contribution in [0.5, 0.6) is 0 Å². The number of carbonyl (C=O) groups is 3. The number of benzene rings is 2. The van der Waals surface area contributed by atoms with E-state index in [4.69, 9.17) is 48.8 Å². The third-order valence-electron chi connectivity index (χ3n) is 8.38. The Kier molecular flexibility index (Phi) is 19.8. The first-order valence-corrected chi connectivity index (χ1v) is 18.6. The molecule has 0 saturated carbocycles. The number of halogens is 2. The predicted molar refractivity (Wildman–Crippen MR) is 224 cm³/mol. The van der Waals surface area contributed by atoms with E-state index in [9.17, 15) is 24.0 Å². The van der Waals surface area contributed by atoms with E-state index in [0.717, 1.165) is 0 Å². The smallest absolute Gasteiger partial charge is 0.345 e. The van der Waals surface area contributed by atoms with Crippen LogP contribution in [0, 0.1) is 26.4 Å². The number of aromatic nitrogens is 7. The molecule has 0 amide bonds. The van der Waals surface area contributed by atoms with E-state index in [0.29, 0.717) is 57.7 Å². The van der Waals surface area contributed by atoms with Gasteiger partial charge in [-0.05, 0) is 65.0 Å². The van der Waals surface area contributed by atoms with Gasteiger partial charge < -0.3 is 19.2 Å². The summed E-state index contributed by atoms with van der Waals surface area (Å²) in [5, 5.41) is 19.1. The fraction of sp³-hybridized carbons (Fsp3) is 0.385. The predicted octanol–water partition coefficient (Wildman–Crippen LogP) is 4.43. The Morgan fingerprint density at radius 3 is 1.81 bits per heavy atom. The largest absolute Gasteiger partial charge is 0.401 e. The first-order valence-electron chi connectivity index (χ1n) is 17.9. The fourth-order valence-electron chi connectivity index (χ4n) is 5.18. The number of ketones is 3. The average Bonchev–Trinajstić information content (AvgIpc) is 3.86. The van der Waals surface area contributed by atoms with E-state index in [1.165, 1.54) is 31.6 Å². The zero-order valence-corrected chi connectivity index (χ0v) is 35.9. The van der Waals surface area contributed by atoms with Gasteiger partial charge in [-0.1, -0.05) is 66.0 Å². The molecule has 3 aromatic heterocycles. The molecule has 3 heterocycles. The van der Waals surface area contributed by atoms with Crippen LogP contribution < -0.4 is 17.3 Å². The highest BCUT2D eigenvalue weighted by molar-refractivity contribution is 6.36. The highest BCUT2D eigenvalue weighted by Crippen LogP contribution is 2.26. The summed E-state index contributed by atoms with van der Waals surface area (Å²) in [5.74, 6) is 4.40. The van der Waals surface area contributed by atoms with Gasteiger partial charge in [-0.15, -0.1) is 0 Å². The lowest BCUT2D eigenvalue weighted by molar-refractivity contribution is -0.171. The number of Topliss-reactive ketones (excluding diaryl/α,β-unsaturated/α-hetero) is 2. The monoisotopic (exact) mass is 861 g/mol. The summed E-state index contributed by atoms with van der Waals surface area (Å²) in [6, 6.07) is 10.1. The van der Waals surface area contributed by atoms with Crippen molar-refractivity contribution in [1.29, 1.82) is 0 Å². The molecule has 0 radical (unpaired) electrons. The van der Waals surface area contributed by atoms with Gasteiger partial charge in [-0.3, -0.25) is 28.4 Å². The van der Waals surface area contributed by atoms with Gasteiger partial charge in [0.25, 0.3) is 6.41 Å². The third kappa shape index (κ3) is 13.2. The summed E-state index contributed by atoms with van der Waals surface area (Å²) >= 11 is 12.7. The van der Waals surface area contributed by atoms with Crippen LogP contribution in [0.25, 0.3) is 0 Å². The molecule has 322 valence electrons. The minimum Gasteiger partial charge on any atom is -0.401 e. The van der Waals surface area contributed by atoms with E-state index in [-0.39, 0.29) is 61.7 Å². The van der Waals surface area contributed by atoms with Gasteiger partial charge in [-0.2, -0.15) is 10.2 Å². The van der Waals surface area contributed by atoms with Crippen molar-refractivity contribution in [2.24, 2.45) is 20.0 Å². The molecule has 3 N–H and O–H groups in total. The van der Waals surface area contributed by atoms with Crippen LogP contribution in [0.4, 0.5) is 0 Å². The van der Waals surface area contributed by atoms with Crippen molar-refractivity contribution in [2.75, 3.05) is 20.7 Å². The number of ether oxygens (including phenoxy) is 2. The van der Waals surface area contributed by atoms with Crippen molar-refractivity contribution in [1.82, 2.24) is 38.8 Å². The molecule has 0 aliphatic rings. The van der Waals surface area contributed by atoms with Crippen molar-refractivity contribution in [3.63, 3.8) is 0 Å². The Labute approximate surface area is 353 Å². The highest BCUT2D eigenvalue weighted by atomic mass is 35.5. The van der Waals surface area contributed by atoms with Crippen LogP contribution in [0.3, 0.4) is 0 Å². The maximum atomic E-state index is 12.8. The molecule has 2 aromatic carbocycles. The van der Waals surface area contributed by atoms with Crippen LogP contribution in [-0.2, 0) is 47.9 Å². The van der Waals surface area contributed by atoms with Crippen molar-refractivity contribution in [3.05, 3.63) is 119 Å². The summed E-state index contributed by atoms with van der Waals surface area (Å²) in [6.07, 6.45) is 8.33. The fourth-order valence-corrected chi connectivity index (χ4v) is 5.74. The Hall–Kier alpha value is -5.68. The number of hydrogen-bond acceptors (Lipinski definition) is 14. The minimum absolute atomic E-state index is 0. The molecule has 1 atom stereocenters. The minimum atomic E-state index is -0.421. The second-order valence-corrected chi connectivity index (χ2v) is 13.5. The van der Waals surface area contributed by atoms with Crippen LogP contribution in [0.15, 0.2) is 56.7 Å². The molecule has 0 aliphatic heterocycles. The van der Waals surface area contributed by atoms with Gasteiger partial charge >= 0.3 is 11.4 Å². The SMILES string of the molecule is C#COC(OCC)N(C)C.CC(=O)CC(=O)c1cccc(Cn2nc(C)n(C)c2=O)c1Cl.CCc1oncc1C(=O)c1cccc(Cn2nc(C)n(C)c2=O)c1Cl.NO.[HH].[HH]. The van der Waals surface area contributed by atoms with Gasteiger partial charge in [0.05, 0.1) is 41.3 Å². The summed E-state index contributed by atoms with van der Waals surface area (Å²) in [7, 11) is 6.95. The third-order valence-corrected chi connectivity index (χ3v) is 9.27. The van der Waals surface area contributed by atoms with Gasteiger partial charge in [0.2, 0.25) is 0 Å². The summed E-state index contributed by atoms with van der Waals surface area (Å²) < 4.78 is 20.5. The number of aryl methyl sites for hydroxylation is 3. The molecular weight excluding hydrogens is 809 g/mol.